The highest BCUT2D eigenvalue weighted by Gasteiger charge is 2.60. The highest BCUT2D eigenvalue weighted by atomic mass is 19.1. The number of ketones is 1. The molecule has 0 saturated carbocycles. The minimum Gasteiger partial charge on any atom is -0.467 e. The average Bonchev–Trinajstić information content (AvgIpc) is 3.27. The summed E-state index contributed by atoms with van der Waals surface area (Å²) in [5, 5.41) is 11.5. The fourth-order valence-electron chi connectivity index (χ4n) is 5.47. The zero-order valence-electron chi connectivity index (χ0n) is 20.8. The van der Waals surface area contributed by atoms with Crippen LogP contribution in [-0.2, 0) is 26.5 Å². The molecular formula is C32H27FO5. The second kappa shape index (κ2) is 10.7. The Morgan fingerprint density at radius 3 is 2.03 bits per heavy atom. The molecule has 38 heavy (non-hydrogen) atoms. The molecule has 6 heteroatoms. The highest BCUT2D eigenvalue weighted by molar-refractivity contribution is 6.00. The standard InChI is InChI=1S/C32H27FO5/c1-37-31(36)32(23-12-6-3-7-13-23,38-20-21-10-4-2-5-11-21)28-25-14-8-9-15-26(25)30(35)27(28)29(34)22-16-18-24(33)19-17-22/h2-19,27-28,30,35H,20H2,1H3/t27-,28-,30-,32-/m1/s1. The van der Waals surface area contributed by atoms with E-state index in [0.717, 1.165) is 5.56 Å². The SMILES string of the molecule is COC(=O)[C@@](OCc1ccccc1)(c1ccccc1)[C@@H]1c2ccccc2[C@@H](O)[C@H]1C(=O)c1ccc(F)cc1. The molecule has 5 nitrogen and oxygen atoms in total. The van der Waals surface area contributed by atoms with E-state index in [9.17, 15) is 19.1 Å². The first-order valence-corrected chi connectivity index (χ1v) is 12.4. The largest absolute Gasteiger partial charge is 0.467 e. The summed E-state index contributed by atoms with van der Waals surface area (Å²) in [7, 11) is 1.28. The van der Waals surface area contributed by atoms with E-state index in [4.69, 9.17) is 9.47 Å². The maximum Gasteiger partial charge on any atom is 0.343 e. The van der Waals surface area contributed by atoms with Gasteiger partial charge in [0.1, 0.15) is 5.82 Å². The molecule has 1 aliphatic rings. The van der Waals surface area contributed by atoms with E-state index >= 15 is 0 Å². The minimum absolute atomic E-state index is 0.0526. The van der Waals surface area contributed by atoms with Crippen LogP contribution in [0.5, 0.6) is 0 Å². The number of fused-ring (bicyclic) bond motifs is 1. The van der Waals surface area contributed by atoms with E-state index in [1.54, 1.807) is 48.5 Å². The molecule has 0 fully saturated rings. The van der Waals surface area contributed by atoms with E-state index in [2.05, 4.69) is 0 Å². The molecule has 0 radical (unpaired) electrons. The molecule has 5 rings (SSSR count). The van der Waals surface area contributed by atoms with Crippen LogP contribution >= 0.6 is 0 Å². The number of aliphatic hydroxyl groups is 1. The summed E-state index contributed by atoms with van der Waals surface area (Å²) in [5.74, 6) is -3.64. The molecule has 0 heterocycles. The predicted octanol–water partition coefficient (Wildman–Crippen LogP) is 5.74. The molecule has 192 valence electrons. The third kappa shape index (κ3) is 4.42. The maximum atomic E-state index is 14.0. The quantitative estimate of drug-likeness (QED) is 0.242. The number of ether oxygens (including phenoxy) is 2. The third-order valence-corrected chi connectivity index (χ3v) is 7.22. The monoisotopic (exact) mass is 510 g/mol. The van der Waals surface area contributed by atoms with Gasteiger partial charge in [-0.05, 0) is 46.5 Å². The lowest BCUT2D eigenvalue weighted by Crippen LogP contribution is -2.48. The molecule has 4 aromatic carbocycles. The van der Waals surface area contributed by atoms with Crippen molar-refractivity contribution in [2.24, 2.45) is 5.92 Å². The van der Waals surface area contributed by atoms with Crippen molar-refractivity contribution < 1.29 is 28.6 Å². The van der Waals surface area contributed by atoms with E-state index in [1.165, 1.54) is 31.4 Å². The molecule has 4 aromatic rings. The lowest BCUT2D eigenvalue weighted by Gasteiger charge is -2.40. The zero-order chi connectivity index (χ0) is 26.7. The highest BCUT2D eigenvalue weighted by Crippen LogP contribution is 2.56. The van der Waals surface area contributed by atoms with Crippen molar-refractivity contribution in [3.63, 3.8) is 0 Å². The van der Waals surface area contributed by atoms with Crippen LogP contribution in [0.4, 0.5) is 4.39 Å². The van der Waals surface area contributed by atoms with Crippen LogP contribution < -0.4 is 0 Å². The fraction of sp³-hybridized carbons (Fsp3) is 0.188. The van der Waals surface area contributed by atoms with Gasteiger partial charge >= 0.3 is 5.97 Å². The van der Waals surface area contributed by atoms with E-state index in [0.29, 0.717) is 16.7 Å². The summed E-state index contributed by atoms with van der Waals surface area (Å²) >= 11 is 0. The molecule has 0 aromatic heterocycles. The number of esters is 1. The molecule has 0 spiro atoms. The summed E-state index contributed by atoms with van der Waals surface area (Å²) in [6, 6.07) is 30.6. The number of methoxy groups -OCH3 is 1. The second-order valence-electron chi connectivity index (χ2n) is 9.32. The van der Waals surface area contributed by atoms with Crippen molar-refractivity contribution in [1.82, 2.24) is 0 Å². The number of benzene rings is 4. The minimum atomic E-state index is -1.78. The topological polar surface area (TPSA) is 72.8 Å². The number of aliphatic hydroxyl groups excluding tert-OH is 1. The van der Waals surface area contributed by atoms with E-state index < -0.39 is 41.1 Å². The van der Waals surface area contributed by atoms with Gasteiger partial charge in [-0.15, -0.1) is 0 Å². The summed E-state index contributed by atoms with van der Waals surface area (Å²) in [6.07, 6.45) is -1.22. The summed E-state index contributed by atoms with van der Waals surface area (Å²) < 4.78 is 25.6. The Hall–Kier alpha value is -4.13. The molecule has 1 N–H and O–H groups in total. The lowest BCUT2D eigenvalue weighted by molar-refractivity contribution is -0.180. The van der Waals surface area contributed by atoms with Crippen molar-refractivity contribution in [2.75, 3.05) is 7.11 Å². The van der Waals surface area contributed by atoms with Crippen molar-refractivity contribution in [2.45, 2.75) is 24.2 Å². The van der Waals surface area contributed by atoms with Gasteiger partial charge in [-0.3, -0.25) is 4.79 Å². The van der Waals surface area contributed by atoms with Gasteiger partial charge in [-0.1, -0.05) is 84.9 Å². The van der Waals surface area contributed by atoms with Crippen molar-refractivity contribution in [3.8, 4) is 0 Å². The first-order valence-electron chi connectivity index (χ1n) is 12.4. The van der Waals surface area contributed by atoms with Gasteiger partial charge in [0.2, 0.25) is 0 Å². The Labute approximate surface area is 220 Å². The Kier molecular flexibility index (Phi) is 7.18. The van der Waals surface area contributed by atoms with Crippen LogP contribution in [0.15, 0.2) is 109 Å². The normalized spacial score (nSPS) is 19.8. The molecule has 0 amide bonds. The van der Waals surface area contributed by atoms with Crippen molar-refractivity contribution >= 4 is 11.8 Å². The van der Waals surface area contributed by atoms with Gasteiger partial charge in [0.05, 0.1) is 25.7 Å². The second-order valence-corrected chi connectivity index (χ2v) is 9.32. The Bertz CT molecular complexity index is 1420. The predicted molar refractivity (Wildman–Crippen MR) is 140 cm³/mol. The Morgan fingerprint density at radius 2 is 1.39 bits per heavy atom. The van der Waals surface area contributed by atoms with Gasteiger partial charge < -0.3 is 14.6 Å². The van der Waals surface area contributed by atoms with Crippen LogP contribution in [0.1, 0.15) is 44.6 Å². The molecule has 0 bridgehead atoms. The van der Waals surface area contributed by atoms with Crippen LogP contribution in [-0.4, -0.2) is 24.0 Å². The van der Waals surface area contributed by atoms with Gasteiger partial charge in [-0.2, -0.15) is 0 Å². The van der Waals surface area contributed by atoms with Gasteiger partial charge in [-0.25, -0.2) is 9.18 Å². The maximum absolute atomic E-state index is 14.0. The molecule has 0 saturated heterocycles. The summed E-state index contributed by atoms with van der Waals surface area (Å²) in [4.78, 5) is 27.9. The fourth-order valence-corrected chi connectivity index (χ4v) is 5.47. The lowest BCUT2D eigenvalue weighted by atomic mass is 9.71. The Morgan fingerprint density at radius 1 is 0.816 bits per heavy atom. The molecular weight excluding hydrogens is 483 g/mol. The Balaban J connectivity index is 1.73. The number of carbonyl (C=O) groups excluding carboxylic acids is 2. The molecule has 0 unspecified atom stereocenters. The van der Waals surface area contributed by atoms with Crippen LogP contribution in [0, 0.1) is 11.7 Å². The number of halogens is 1. The van der Waals surface area contributed by atoms with E-state index in [-0.39, 0.29) is 12.2 Å². The van der Waals surface area contributed by atoms with E-state index in [1.807, 2.05) is 36.4 Å². The molecule has 4 atom stereocenters. The van der Waals surface area contributed by atoms with Gasteiger partial charge in [0.15, 0.2) is 11.4 Å². The molecule has 0 aliphatic heterocycles. The first kappa shape index (κ1) is 25.5. The zero-order valence-corrected chi connectivity index (χ0v) is 20.8. The van der Waals surface area contributed by atoms with Gasteiger partial charge in [0.25, 0.3) is 0 Å². The summed E-state index contributed by atoms with van der Waals surface area (Å²) in [5.41, 5.74) is 0.912. The molecule has 1 aliphatic carbocycles. The smallest absolute Gasteiger partial charge is 0.343 e. The van der Waals surface area contributed by atoms with Crippen LogP contribution in [0.3, 0.4) is 0 Å². The van der Waals surface area contributed by atoms with Crippen LogP contribution in [0.25, 0.3) is 0 Å². The van der Waals surface area contributed by atoms with Crippen LogP contribution in [0.2, 0.25) is 0 Å². The summed E-state index contributed by atoms with van der Waals surface area (Å²) in [6.45, 7) is 0.0526. The average molecular weight is 511 g/mol. The number of hydrogen-bond donors (Lipinski definition) is 1. The first-order chi connectivity index (χ1) is 18.5. The number of rotatable bonds is 8. The van der Waals surface area contributed by atoms with Crippen molar-refractivity contribution in [3.05, 3.63) is 143 Å². The number of carbonyl (C=O) groups is 2. The van der Waals surface area contributed by atoms with Gasteiger partial charge in [0, 0.05) is 11.5 Å². The number of hydrogen-bond acceptors (Lipinski definition) is 5. The third-order valence-electron chi connectivity index (χ3n) is 7.22. The number of Topliss-reactive ketones (excluding diaryl/α,β-unsaturated/α-hetero) is 1. The van der Waals surface area contributed by atoms with Crippen molar-refractivity contribution in [1.29, 1.82) is 0 Å².